The highest BCUT2D eigenvalue weighted by atomic mass is 16.5. The van der Waals surface area contributed by atoms with Gasteiger partial charge in [0.25, 0.3) is 0 Å². The maximum absolute atomic E-state index is 12.0. The number of carbonyl (C=O) groups excluding carboxylic acids is 1. The second-order valence-corrected chi connectivity index (χ2v) is 6.86. The van der Waals surface area contributed by atoms with Gasteiger partial charge in [0, 0.05) is 0 Å². The number of esters is 1. The molecule has 0 amide bonds. The lowest BCUT2D eigenvalue weighted by atomic mass is 10.1. The van der Waals surface area contributed by atoms with Crippen molar-refractivity contribution in [3.63, 3.8) is 0 Å². The van der Waals surface area contributed by atoms with E-state index in [1.165, 1.54) is 38.5 Å². The number of benzene rings is 1. The highest BCUT2D eigenvalue weighted by molar-refractivity contribution is 5.89. The van der Waals surface area contributed by atoms with Crippen molar-refractivity contribution in [3.8, 4) is 0 Å². The number of allylic oxidation sites excluding steroid dienone is 4. The average Bonchev–Trinajstić information content (AvgIpc) is 2.66. The number of hydrogen-bond donors (Lipinski definition) is 0. The average molecular weight is 357 g/mol. The molecule has 0 aliphatic carbocycles. The van der Waals surface area contributed by atoms with Gasteiger partial charge in [0.2, 0.25) is 0 Å². The summed E-state index contributed by atoms with van der Waals surface area (Å²) in [5.74, 6) is -0.216. The van der Waals surface area contributed by atoms with Gasteiger partial charge in [-0.2, -0.15) is 0 Å². The van der Waals surface area contributed by atoms with E-state index in [1.807, 2.05) is 25.1 Å². The Balaban J connectivity index is 1.95. The zero-order valence-corrected chi connectivity index (χ0v) is 16.7. The van der Waals surface area contributed by atoms with Crippen molar-refractivity contribution in [3.05, 3.63) is 60.2 Å². The van der Waals surface area contributed by atoms with Crippen molar-refractivity contribution in [2.75, 3.05) is 0 Å². The topological polar surface area (TPSA) is 26.3 Å². The normalized spacial score (nSPS) is 12.7. The molecule has 0 saturated carbocycles. The highest BCUT2D eigenvalue weighted by Crippen LogP contribution is 2.11. The first-order valence-corrected chi connectivity index (χ1v) is 10.3. The summed E-state index contributed by atoms with van der Waals surface area (Å²) in [7, 11) is 0. The van der Waals surface area contributed by atoms with Gasteiger partial charge in [0.05, 0.1) is 11.7 Å². The zero-order valence-electron chi connectivity index (χ0n) is 16.7. The summed E-state index contributed by atoms with van der Waals surface area (Å²) in [5, 5.41) is 0. The molecule has 1 rings (SSSR count). The van der Waals surface area contributed by atoms with Crippen molar-refractivity contribution in [1.82, 2.24) is 0 Å². The lowest BCUT2D eigenvalue weighted by molar-refractivity contribution is 0.0319. The monoisotopic (exact) mass is 356 g/mol. The van der Waals surface area contributed by atoms with Crippen LogP contribution in [-0.2, 0) is 4.74 Å². The SMILES string of the molecule is CCC=CCCCCC=CCCCCCC(C)OC(=O)c1ccccc1. The van der Waals surface area contributed by atoms with Crippen LogP contribution in [0.5, 0.6) is 0 Å². The molecule has 26 heavy (non-hydrogen) atoms. The van der Waals surface area contributed by atoms with Crippen molar-refractivity contribution < 1.29 is 9.53 Å². The van der Waals surface area contributed by atoms with Gasteiger partial charge in [0.15, 0.2) is 0 Å². The van der Waals surface area contributed by atoms with Crippen LogP contribution in [0.25, 0.3) is 0 Å². The highest BCUT2D eigenvalue weighted by Gasteiger charge is 2.10. The van der Waals surface area contributed by atoms with Crippen LogP contribution >= 0.6 is 0 Å². The Morgan fingerprint density at radius 3 is 2.08 bits per heavy atom. The fourth-order valence-electron chi connectivity index (χ4n) is 2.80. The Labute approximate surface area is 160 Å². The lowest BCUT2D eigenvalue weighted by Crippen LogP contribution is -2.14. The van der Waals surface area contributed by atoms with Crippen LogP contribution < -0.4 is 0 Å². The van der Waals surface area contributed by atoms with Gasteiger partial charge < -0.3 is 4.74 Å². The van der Waals surface area contributed by atoms with Gasteiger partial charge in [-0.1, -0.05) is 55.8 Å². The molecule has 144 valence electrons. The third-order valence-electron chi connectivity index (χ3n) is 4.36. The van der Waals surface area contributed by atoms with Crippen LogP contribution in [0.15, 0.2) is 54.6 Å². The summed E-state index contributed by atoms with van der Waals surface area (Å²) >= 11 is 0. The summed E-state index contributed by atoms with van der Waals surface area (Å²) in [6.45, 7) is 4.16. The van der Waals surface area contributed by atoms with E-state index in [1.54, 1.807) is 12.1 Å². The summed E-state index contributed by atoms with van der Waals surface area (Å²) in [5.41, 5.74) is 0.630. The molecule has 0 aliphatic heterocycles. The Morgan fingerprint density at radius 2 is 1.46 bits per heavy atom. The molecule has 0 N–H and O–H groups in total. The van der Waals surface area contributed by atoms with Gasteiger partial charge in [-0.25, -0.2) is 4.79 Å². The molecular formula is C24H36O2. The molecule has 0 heterocycles. The summed E-state index contributed by atoms with van der Waals surface area (Å²) in [6.07, 6.45) is 20.9. The van der Waals surface area contributed by atoms with E-state index in [0.717, 1.165) is 25.7 Å². The van der Waals surface area contributed by atoms with Crippen LogP contribution in [0.3, 0.4) is 0 Å². The lowest BCUT2D eigenvalue weighted by Gasteiger charge is -2.13. The fourth-order valence-corrected chi connectivity index (χ4v) is 2.80. The van der Waals surface area contributed by atoms with E-state index in [4.69, 9.17) is 4.74 Å². The van der Waals surface area contributed by atoms with Crippen LogP contribution in [0.1, 0.15) is 88.4 Å². The number of hydrogen-bond acceptors (Lipinski definition) is 2. The molecule has 1 aromatic carbocycles. The minimum atomic E-state index is -0.216. The molecule has 2 heteroatoms. The minimum Gasteiger partial charge on any atom is -0.459 e. The van der Waals surface area contributed by atoms with E-state index in [2.05, 4.69) is 31.2 Å². The van der Waals surface area contributed by atoms with Crippen molar-refractivity contribution in [2.45, 2.75) is 84.2 Å². The van der Waals surface area contributed by atoms with Crippen LogP contribution in [0, 0.1) is 0 Å². The molecule has 2 nitrogen and oxygen atoms in total. The molecular weight excluding hydrogens is 320 g/mol. The first-order valence-electron chi connectivity index (χ1n) is 10.3. The van der Waals surface area contributed by atoms with Gasteiger partial charge in [-0.05, 0) is 76.8 Å². The van der Waals surface area contributed by atoms with E-state index < -0.39 is 0 Å². The van der Waals surface area contributed by atoms with Gasteiger partial charge in [-0.3, -0.25) is 0 Å². The third-order valence-corrected chi connectivity index (χ3v) is 4.36. The number of ether oxygens (including phenoxy) is 1. The maximum atomic E-state index is 12.0. The fraction of sp³-hybridized carbons (Fsp3) is 0.542. The first kappa shape index (κ1) is 22.2. The second-order valence-electron chi connectivity index (χ2n) is 6.86. The maximum Gasteiger partial charge on any atom is 0.338 e. The Bertz CT molecular complexity index is 516. The van der Waals surface area contributed by atoms with Gasteiger partial charge >= 0.3 is 5.97 Å². The second kappa shape index (κ2) is 15.4. The van der Waals surface area contributed by atoms with Crippen molar-refractivity contribution >= 4 is 5.97 Å². The Hall–Kier alpha value is -1.83. The van der Waals surface area contributed by atoms with E-state index in [0.29, 0.717) is 5.56 Å². The third kappa shape index (κ3) is 11.7. The van der Waals surface area contributed by atoms with Gasteiger partial charge in [0.1, 0.15) is 0 Å². The molecule has 1 aromatic rings. The first-order chi connectivity index (χ1) is 12.7. The number of unbranched alkanes of at least 4 members (excludes halogenated alkanes) is 6. The summed E-state index contributed by atoms with van der Waals surface area (Å²) in [6, 6.07) is 9.21. The summed E-state index contributed by atoms with van der Waals surface area (Å²) in [4.78, 5) is 12.0. The quantitative estimate of drug-likeness (QED) is 0.199. The predicted molar refractivity (Wildman–Crippen MR) is 111 cm³/mol. The molecule has 0 bridgehead atoms. The van der Waals surface area contributed by atoms with E-state index in [-0.39, 0.29) is 12.1 Å². The standard InChI is InChI=1S/C24H36O2/c1-3-4-5-6-7-8-9-10-11-12-13-14-16-19-22(2)26-24(25)23-20-17-15-18-21-23/h4-5,10-11,15,17-18,20-22H,3,6-9,12-14,16,19H2,1-2H3. The predicted octanol–water partition coefficient (Wildman–Crippen LogP) is 7.27. The van der Waals surface area contributed by atoms with Crippen molar-refractivity contribution in [2.24, 2.45) is 0 Å². The molecule has 0 fully saturated rings. The molecule has 0 aliphatic rings. The number of rotatable bonds is 14. The molecule has 0 spiro atoms. The Kier molecular flexibility index (Phi) is 13.2. The van der Waals surface area contributed by atoms with Crippen LogP contribution in [0.4, 0.5) is 0 Å². The summed E-state index contributed by atoms with van der Waals surface area (Å²) < 4.78 is 5.49. The molecule has 0 saturated heterocycles. The van der Waals surface area contributed by atoms with Gasteiger partial charge in [-0.15, -0.1) is 0 Å². The zero-order chi connectivity index (χ0) is 18.9. The van der Waals surface area contributed by atoms with Crippen molar-refractivity contribution in [1.29, 1.82) is 0 Å². The number of carbonyl (C=O) groups is 1. The van der Waals surface area contributed by atoms with E-state index >= 15 is 0 Å². The molecule has 1 atom stereocenters. The van der Waals surface area contributed by atoms with Crippen LogP contribution in [0.2, 0.25) is 0 Å². The largest absolute Gasteiger partial charge is 0.459 e. The van der Waals surface area contributed by atoms with Crippen LogP contribution in [-0.4, -0.2) is 12.1 Å². The smallest absolute Gasteiger partial charge is 0.338 e. The minimum absolute atomic E-state index is 0.0139. The molecule has 0 aromatic heterocycles. The molecule has 0 radical (unpaired) electrons. The Morgan fingerprint density at radius 1 is 0.885 bits per heavy atom. The molecule has 1 unspecified atom stereocenters. The van der Waals surface area contributed by atoms with E-state index in [9.17, 15) is 4.79 Å².